The fourth-order valence-electron chi connectivity index (χ4n) is 4.67. The minimum absolute atomic E-state index is 0.111. The van der Waals surface area contributed by atoms with Crippen LogP contribution in [0.5, 0.6) is 0 Å². The summed E-state index contributed by atoms with van der Waals surface area (Å²) in [5.41, 5.74) is 6.06. The topological polar surface area (TPSA) is 75.7 Å². The van der Waals surface area contributed by atoms with Crippen molar-refractivity contribution in [3.8, 4) is 0 Å². The van der Waals surface area contributed by atoms with Crippen LogP contribution in [-0.4, -0.2) is 29.3 Å². The number of hydrogen-bond donors (Lipinski definition) is 1. The molecular weight excluding hydrogens is 500 g/mol. The zero-order valence-corrected chi connectivity index (χ0v) is 22.8. The molecule has 7 heteroatoms. The summed E-state index contributed by atoms with van der Waals surface area (Å²) in [6.45, 7) is 8.00. The first-order chi connectivity index (χ1) is 18.2. The molecule has 0 aliphatic carbocycles. The first kappa shape index (κ1) is 27.1. The van der Waals surface area contributed by atoms with Gasteiger partial charge in [0.05, 0.1) is 18.7 Å². The van der Waals surface area contributed by atoms with E-state index in [0.29, 0.717) is 21.9 Å². The van der Waals surface area contributed by atoms with E-state index in [-0.39, 0.29) is 31.4 Å². The van der Waals surface area contributed by atoms with Crippen LogP contribution in [0.3, 0.4) is 0 Å². The third kappa shape index (κ3) is 5.97. The molecule has 0 saturated carbocycles. The van der Waals surface area contributed by atoms with Gasteiger partial charge in [-0.3, -0.25) is 9.59 Å². The first-order valence-corrected chi connectivity index (χ1v) is 13.0. The van der Waals surface area contributed by atoms with Crippen LogP contribution in [-0.2, 0) is 20.9 Å². The zero-order valence-electron chi connectivity index (χ0n) is 22.0. The molecular formula is C31H31ClN2O4. The molecule has 2 amide bonds. The lowest BCUT2D eigenvalue weighted by molar-refractivity contribution is -0.140. The van der Waals surface area contributed by atoms with E-state index in [0.717, 1.165) is 27.9 Å². The fraction of sp³-hybridized carbons (Fsp3) is 0.258. The Morgan fingerprint density at radius 2 is 1.74 bits per heavy atom. The average molecular weight is 531 g/mol. The molecule has 1 aliphatic rings. The Morgan fingerprint density at radius 1 is 1.00 bits per heavy atom. The van der Waals surface area contributed by atoms with E-state index in [1.54, 1.807) is 49.1 Å². The van der Waals surface area contributed by atoms with Crippen molar-refractivity contribution in [1.29, 1.82) is 0 Å². The summed E-state index contributed by atoms with van der Waals surface area (Å²) in [5.74, 6) is -1.21. The molecule has 1 aliphatic heterocycles. The number of carbonyl (C=O) groups excluding carboxylic acids is 3. The summed E-state index contributed by atoms with van der Waals surface area (Å²) in [7, 11) is 0. The maximum atomic E-state index is 13.3. The lowest BCUT2D eigenvalue weighted by atomic mass is 9.83. The monoisotopic (exact) mass is 530 g/mol. The van der Waals surface area contributed by atoms with Crippen molar-refractivity contribution in [3.05, 3.63) is 111 Å². The van der Waals surface area contributed by atoms with Gasteiger partial charge in [0.1, 0.15) is 0 Å². The van der Waals surface area contributed by atoms with E-state index in [1.165, 1.54) is 0 Å². The van der Waals surface area contributed by atoms with Crippen molar-refractivity contribution >= 4 is 35.1 Å². The van der Waals surface area contributed by atoms with Crippen LogP contribution in [0.25, 0.3) is 0 Å². The number of carbonyl (C=O) groups is 3. The minimum Gasteiger partial charge on any atom is -0.463 e. The van der Waals surface area contributed by atoms with E-state index in [4.69, 9.17) is 16.3 Å². The second-order valence-electron chi connectivity index (χ2n) is 9.46. The van der Waals surface area contributed by atoms with Crippen LogP contribution in [0.15, 0.2) is 78.0 Å². The smallest absolute Gasteiger partial charge is 0.336 e. The number of nitrogens with one attached hydrogen (secondary N) is 1. The Bertz CT molecular complexity index is 1410. The molecule has 4 rings (SSSR count). The summed E-state index contributed by atoms with van der Waals surface area (Å²) in [6.07, 6.45) is 0.125. The molecule has 0 radical (unpaired) electrons. The Kier molecular flexibility index (Phi) is 8.32. The standard InChI is InChI=1S/C31H31ClN2O4/c1-5-38-31(37)29-21(4)34(28(35)17-27(29)23-10-12-25(32)13-11-23)18-22-7-6-8-24(16-22)30(36)33-26-14-9-19(2)20(3)15-26/h6-16,27H,5,17-18H2,1-4H3,(H,33,36). The largest absolute Gasteiger partial charge is 0.463 e. The predicted molar refractivity (Wildman–Crippen MR) is 149 cm³/mol. The molecule has 38 heavy (non-hydrogen) atoms. The number of halogens is 1. The van der Waals surface area contributed by atoms with E-state index < -0.39 is 11.9 Å². The normalized spacial score (nSPS) is 15.4. The Hall–Kier alpha value is -3.90. The summed E-state index contributed by atoms with van der Waals surface area (Å²) in [4.78, 5) is 40.9. The van der Waals surface area contributed by atoms with Gasteiger partial charge in [-0.1, -0.05) is 41.9 Å². The SMILES string of the molecule is CCOC(=O)C1=C(C)N(Cc2cccc(C(=O)Nc3ccc(C)c(C)c3)c2)C(=O)CC1c1ccc(Cl)cc1. The van der Waals surface area contributed by atoms with E-state index in [2.05, 4.69) is 5.32 Å². The number of nitrogens with zero attached hydrogens (tertiary/aromatic N) is 1. The Morgan fingerprint density at radius 3 is 2.42 bits per heavy atom. The summed E-state index contributed by atoms with van der Waals surface area (Å²) in [6, 6.07) is 20.1. The molecule has 0 saturated heterocycles. The van der Waals surface area contributed by atoms with Gasteiger partial charge in [0.2, 0.25) is 5.91 Å². The molecule has 1 N–H and O–H groups in total. The average Bonchev–Trinajstić information content (AvgIpc) is 2.89. The van der Waals surface area contributed by atoms with E-state index in [9.17, 15) is 14.4 Å². The molecule has 1 heterocycles. The highest BCUT2D eigenvalue weighted by Crippen LogP contribution is 2.38. The van der Waals surface area contributed by atoms with Crippen LogP contribution in [0, 0.1) is 13.8 Å². The highest BCUT2D eigenvalue weighted by molar-refractivity contribution is 6.30. The number of anilines is 1. The number of esters is 1. The minimum atomic E-state index is -0.441. The van der Waals surface area contributed by atoms with Gasteiger partial charge in [-0.15, -0.1) is 0 Å². The molecule has 0 spiro atoms. The van der Waals surface area contributed by atoms with Crippen LogP contribution >= 0.6 is 11.6 Å². The second kappa shape index (κ2) is 11.7. The lowest BCUT2D eigenvalue weighted by Gasteiger charge is -2.34. The van der Waals surface area contributed by atoms with Crippen LogP contribution < -0.4 is 5.32 Å². The van der Waals surface area contributed by atoms with Crippen molar-refractivity contribution in [2.45, 2.75) is 46.6 Å². The number of benzene rings is 3. The number of hydrogen-bond acceptors (Lipinski definition) is 4. The fourth-order valence-corrected chi connectivity index (χ4v) is 4.80. The second-order valence-corrected chi connectivity index (χ2v) is 9.90. The van der Waals surface area contributed by atoms with Gasteiger partial charge in [-0.05, 0) is 86.3 Å². The number of ether oxygens (including phenoxy) is 1. The molecule has 1 unspecified atom stereocenters. The maximum absolute atomic E-state index is 13.3. The highest BCUT2D eigenvalue weighted by Gasteiger charge is 2.36. The number of allylic oxidation sites excluding steroid dienone is 1. The van der Waals surface area contributed by atoms with E-state index in [1.807, 2.05) is 50.2 Å². The van der Waals surface area contributed by atoms with Crippen LogP contribution in [0.1, 0.15) is 58.8 Å². The maximum Gasteiger partial charge on any atom is 0.336 e. The molecule has 3 aromatic rings. The van der Waals surface area contributed by atoms with Gasteiger partial charge < -0.3 is 15.0 Å². The molecule has 0 aromatic heterocycles. The molecule has 0 fully saturated rings. The van der Waals surface area contributed by atoms with Crippen molar-refractivity contribution in [2.75, 3.05) is 11.9 Å². The van der Waals surface area contributed by atoms with Gasteiger partial charge in [0.25, 0.3) is 5.91 Å². The van der Waals surface area contributed by atoms with Gasteiger partial charge in [0, 0.05) is 34.3 Å². The third-order valence-electron chi connectivity index (χ3n) is 6.89. The van der Waals surface area contributed by atoms with Gasteiger partial charge in [-0.25, -0.2) is 4.79 Å². The summed E-state index contributed by atoms with van der Waals surface area (Å²) < 4.78 is 5.37. The zero-order chi connectivity index (χ0) is 27.4. The van der Waals surface area contributed by atoms with Crippen molar-refractivity contribution in [1.82, 2.24) is 4.90 Å². The van der Waals surface area contributed by atoms with Gasteiger partial charge >= 0.3 is 5.97 Å². The lowest BCUT2D eigenvalue weighted by Crippen LogP contribution is -2.38. The Labute approximate surface area is 228 Å². The molecule has 3 aromatic carbocycles. The van der Waals surface area contributed by atoms with E-state index >= 15 is 0 Å². The summed E-state index contributed by atoms with van der Waals surface area (Å²) >= 11 is 6.06. The highest BCUT2D eigenvalue weighted by atomic mass is 35.5. The van der Waals surface area contributed by atoms with Crippen LogP contribution in [0.2, 0.25) is 5.02 Å². The molecule has 0 bridgehead atoms. The molecule has 6 nitrogen and oxygen atoms in total. The number of aryl methyl sites for hydroxylation is 2. The van der Waals surface area contributed by atoms with Crippen molar-refractivity contribution in [3.63, 3.8) is 0 Å². The summed E-state index contributed by atoms with van der Waals surface area (Å²) in [5, 5.41) is 3.52. The molecule has 1 atom stereocenters. The number of amides is 2. The van der Waals surface area contributed by atoms with Crippen molar-refractivity contribution in [2.24, 2.45) is 0 Å². The van der Waals surface area contributed by atoms with Crippen molar-refractivity contribution < 1.29 is 19.1 Å². The third-order valence-corrected chi connectivity index (χ3v) is 7.14. The van der Waals surface area contributed by atoms with Crippen LogP contribution in [0.4, 0.5) is 5.69 Å². The quantitative estimate of drug-likeness (QED) is 0.351. The molecule has 196 valence electrons. The first-order valence-electron chi connectivity index (χ1n) is 12.6. The van der Waals surface area contributed by atoms with Gasteiger partial charge in [0.15, 0.2) is 0 Å². The van der Waals surface area contributed by atoms with Gasteiger partial charge in [-0.2, -0.15) is 0 Å². The number of rotatable bonds is 7. The predicted octanol–water partition coefficient (Wildman–Crippen LogP) is 6.56. The Balaban J connectivity index is 1.61.